The average Bonchev–Trinajstić information content (AvgIpc) is 2.56. The molecule has 2 heterocycles. The largest absolute Gasteiger partial charge is 0.389 e. The predicted molar refractivity (Wildman–Crippen MR) is 53.7 cm³/mol. The van der Waals surface area contributed by atoms with Crippen molar-refractivity contribution in [3.63, 3.8) is 0 Å². The molecule has 2 N–H and O–H groups in total. The molecule has 0 bridgehead atoms. The van der Waals surface area contributed by atoms with Crippen LogP contribution in [0.5, 0.6) is 0 Å². The first-order valence-corrected chi connectivity index (χ1v) is 5.51. The molecule has 0 radical (unpaired) electrons. The standard InChI is InChI=1S/C8H12N2O3S/c11-6-3-13-2-1-5(6)9-7-4-14-8(12)10-7/h5-6,11H,1-4H2,(H,9,10,12)/t5-,6-/m1/s1. The van der Waals surface area contributed by atoms with E-state index in [2.05, 4.69) is 10.3 Å². The molecule has 2 aliphatic heterocycles. The van der Waals surface area contributed by atoms with Crippen LogP contribution in [-0.2, 0) is 4.74 Å². The molecule has 2 aliphatic rings. The van der Waals surface area contributed by atoms with Crippen LogP contribution >= 0.6 is 11.8 Å². The van der Waals surface area contributed by atoms with E-state index in [1.54, 1.807) is 0 Å². The fourth-order valence-corrected chi connectivity index (χ4v) is 2.07. The molecule has 5 nitrogen and oxygen atoms in total. The molecule has 0 aromatic rings. The molecule has 2 atom stereocenters. The van der Waals surface area contributed by atoms with Crippen molar-refractivity contribution in [2.24, 2.45) is 4.99 Å². The first kappa shape index (κ1) is 9.95. The Balaban J connectivity index is 1.89. The van der Waals surface area contributed by atoms with Crippen molar-refractivity contribution < 1.29 is 14.6 Å². The van der Waals surface area contributed by atoms with Crippen molar-refractivity contribution in [3.05, 3.63) is 0 Å². The van der Waals surface area contributed by atoms with Crippen molar-refractivity contribution in [2.75, 3.05) is 19.0 Å². The summed E-state index contributed by atoms with van der Waals surface area (Å²) < 4.78 is 5.10. The van der Waals surface area contributed by atoms with Crippen molar-refractivity contribution in [2.45, 2.75) is 18.6 Å². The summed E-state index contributed by atoms with van der Waals surface area (Å²) in [5.41, 5.74) is 0. The summed E-state index contributed by atoms with van der Waals surface area (Å²) in [5.74, 6) is 1.26. The molecule has 0 saturated carbocycles. The number of carbonyl (C=O) groups excluding carboxylic acids is 1. The molecule has 0 aromatic carbocycles. The molecule has 0 unspecified atom stereocenters. The van der Waals surface area contributed by atoms with E-state index < -0.39 is 6.10 Å². The van der Waals surface area contributed by atoms with Gasteiger partial charge in [-0.15, -0.1) is 0 Å². The monoisotopic (exact) mass is 216 g/mol. The lowest BCUT2D eigenvalue weighted by molar-refractivity contribution is -0.0231. The topological polar surface area (TPSA) is 70.9 Å². The van der Waals surface area contributed by atoms with Gasteiger partial charge in [-0.25, -0.2) is 0 Å². The molecule has 78 valence electrons. The van der Waals surface area contributed by atoms with Crippen LogP contribution in [0, 0.1) is 0 Å². The van der Waals surface area contributed by atoms with Gasteiger partial charge in [-0.2, -0.15) is 4.99 Å². The molecule has 0 spiro atoms. The number of nitrogens with zero attached hydrogens (tertiary/aromatic N) is 1. The number of ether oxygens (including phenoxy) is 1. The third-order valence-corrected chi connectivity index (χ3v) is 2.99. The quantitative estimate of drug-likeness (QED) is 0.645. The number of nitrogens with one attached hydrogen (secondary N) is 1. The third-order valence-electron chi connectivity index (χ3n) is 2.24. The molecule has 1 fully saturated rings. The second-order valence-electron chi connectivity index (χ2n) is 3.29. The fraction of sp³-hybridized carbons (Fsp3) is 0.750. The Morgan fingerprint density at radius 3 is 3.14 bits per heavy atom. The van der Waals surface area contributed by atoms with Crippen LogP contribution < -0.4 is 5.32 Å². The van der Waals surface area contributed by atoms with Crippen LogP contribution in [-0.4, -0.2) is 47.3 Å². The molecule has 0 aliphatic carbocycles. The van der Waals surface area contributed by atoms with Gasteiger partial charge in [0.15, 0.2) is 0 Å². The Morgan fingerprint density at radius 1 is 1.64 bits per heavy atom. The third kappa shape index (κ3) is 2.26. The lowest BCUT2D eigenvalue weighted by atomic mass is 10.1. The number of hydrogen-bond donors (Lipinski definition) is 2. The minimum Gasteiger partial charge on any atom is -0.389 e. The summed E-state index contributed by atoms with van der Waals surface area (Å²) in [4.78, 5) is 14.6. The van der Waals surface area contributed by atoms with Gasteiger partial charge in [-0.05, 0) is 6.42 Å². The van der Waals surface area contributed by atoms with E-state index in [-0.39, 0.29) is 11.3 Å². The maximum absolute atomic E-state index is 10.8. The maximum atomic E-state index is 10.8. The Bertz CT molecular complexity index is 269. The fourth-order valence-electron chi connectivity index (χ4n) is 1.48. The smallest absolute Gasteiger partial charge is 0.306 e. The van der Waals surface area contributed by atoms with E-state index in [4.69, 9.17) is 4.74 Å². The average molecular weight is 216 g/mol. The van der Waals surface area contributed by atoms with Crippen molar-refractivity contribution in [1.29, 1.82) is 0 Å². The van der Waals surface area contributed by atoms with E-state index in [9.17, 15) is 9.90 Å². The number of rotatable bonds is 1. The predicted octanol–water partition coefficient (Wildman–Crippen LogP) is -0.00890. The van der Waals surface area contributed by atoms with Gasteiger partial charge in [0.05, 0.1) is 24.5 Å². The van der Waals surface area contributed by atoms with Crippen molar-refractivity contribution in [1.82, 2.24) is 5.32 Å². The zero-order chi connectivity index (χ0) is 9.97. The molecular formula is C8H12N2O3S. The van der Waals surface area contributed by atoms with Crippen molar-refractivity contribution >= 4 is 22.8 Å². The number of aliphatic imine (C=N–C) groups is 1. The minimum absolute atomic E-state index is 0.0333. The number of amidine groups is 1. The van der Waals surface area contributed by atoms with E-state index >= 15 is 0 Å². The lowest BCUT2D eigenvalue weighted by Crippen LogP contribution is -2.48. The van der Waals surface area contributed by atoms with Crippen molar-refractivity contribution in [3.8, 4) is 0 Å². The van der Waals surface area contributed by atoms with Gasteiger partial charge in [-0.3, -0.25) is 4.79 Å². The van der Waals surface area contributed by atoms with Gasteiger partial charge >= 0.3 is 5.24 Å². The maximum Gasteiger partial charge on any atom is 0.306 e. The number of amides is 1. The number of aliphatic hydroxyl groups excluding tert-OH is 1. The first-order chi connectivity index (χ1) is 6.75. The van der Waals surface area contributed by atoms with Crippen LogP contribution in [0.1, 0.15) is 6.42 Å². The summed E-state index contributed by atoms with van der Waals surface area (Å²) in [5, 5.41) is 12.5. The molecule has 14 heavy (non-hydrogen) atoms. The highest BCUT2D eigenvalue weighted by Gasteiger charge is 2.26. The Hall–Kier alpha value is -0.590. The van der Waals surface area contributed by atoms with Crippen LogP contribution in [0.15, 0.2) is 4.99 Å². The van der Waals surface area contributed by atoms with Gasteiger partial charge < -0.3 is 15.2 Å². The molecule has 6 heteroatoms. The lowest BCUT2D eigenvalue weighted by Gasteiger charge is -2.28. The Morgan fingerprint density at radius 2 is 2.50 bits per heavy atom. The van der Waals surface area contributed by atoms with E-state index in [1.165, 1.54) is 11.8 Å². The van der Waals surface area contributed by atoms with Gasteiger partial charge in [0.1, 0.15) is 5.84 Å². The van der Waals surface area contributed by atoms with Gasteiger partial charge in [0.2, 0.25) is 0 Å². The summed E-state index contributed by atoms with van der Waals surface area (Å²) in [6.45, 7) is 0.995. The number of hydrogen-bond acceptors (Lipinski definition) is 5. The highest BCUT2D eigenvalue weighted by molar-refractivity contribution is 8.14. The zero-order valence-electron chi connectivity index (χ0n) is 7.60. The normalized spacial score (nSPS) is 32.9. The van der Waals surface area contributed by atoms with E-state index in [0.717, 1.165) is 6.42 Å². The summed E-state index contributed by atoms with van der Waals surface area (Å²) in [7, 11) is 0. The number of thioether (sulfide) groups is 1. The molecule has 1 amide bonds. The molecule has 1 saturated heterocycles. The minimum atomic E-state index is -0.507. The van der Waals surface area contributed by atoms with E-state index in [0.29, 0.717) is 24.8 Å². The Kier molecular flexibility index (Phi) is 3.05. The molecule has 2 rings (SSSR count). The SMILES string of the molecule is O=C1N=C(N[C@@H]2CCOC[C@H]2O)CS1. The number of aliphatic hydroxyl groups is 1. The summed E-state index contributed by atoms with van der Waals surface area (Å²) >= 11 is 1.18. The second-order valence-corrected chi connectivity index (χ2v) is 4.22. The van der Waals surface area contributed by atoms with Gasteiger partial charge in [0.25, 0.3) is 0 Å². The van der Waals surface area contributed by atoms with Crippen LogP contribution in [0.2, 0.25) is 0 Å². The van der Waals surface area contributed by atoms with Crippen LogP contribution in [0.3, 0.4) is 0 Å². The highest BCUT2D eigenvalue weighted by atomic mass is 32.2. The molecular weight excluding hydrogens is 204 g/mol. The van der Waals surface area contributed by atoms with Gasteiger partial charge in [-0.1, -0.05) is 11.8 Å². The zero-order valence-corrected chi connectivity index (χ0v) is 8.42. The van der Waals surface area contributed by atoms with E-state index in [1.807, 2.05) is 0 Å². The number of carbonyl (C=O) groups is 1. The van der Waals surface area contributed by atoms with Crippen LogP contribution in [0.25, 0.3) is 0 Å². The molecule has 0 aromatic heterocycles. The van der Waals surface area contributed by atoms with Crippen LogP contribution in [0.4, 0.5) is 4.79 Å². The van der Waals surface area contributed by atoms with Gasteiger partial charge in [0, 0.05) is 6.61 Å². The summed E-state index contributed by atoms with van der Waals surface area (Å²) in [6.07, 6.45) is 0.242. The Labute approximate surface area is 85.9 Å². The summed E-state index contributed by atoms with van der Waals surface area (Å²) in [6, 6.07) is -0.0333. The highest BCUT2D eigenvalue weighted by Crippen LogP contribution is 2.14. The first-order valence-electron chi connectivity index (χ1n) is 4.52. The second kappa shape index (κ2) is 4.29.